The van der Waals surface area contributed by atoms with Crippen molar-refractivity contribution < 1.29 is 4.74 Å². The number of ether oxygens (including phenoxy) is 1. The van der Waals surface area contributed by atoms with Crippen molar-refractivity contribution in [3.63, 3.8) is 0 Å². The Labute approximate surface area is 81.8 Å². The molecule has 0 saturated heterocycles. The summed E-state index contributed by atoms with van der Waals surface area (Å²) in [5.41, 5.74) is -0.0619. The van der Waals surface area contributed by atoms with Crippen molar-refractivity contribution in [1.29, 1.82) is 0 Å². The normalized spacial score (nSPS) is 10.1. The molecule has 0 saturated carbocycles. The molecular formula is C12H10O2. The van der Waals surface area contributed by atoms with Gasteiger partial charge in [0.25, 0.3) is 0 Å². The van der Waals surface area contributed by atoms with E-state index in [1.807, 2.05) is 30.3 Å². The van der Waals surface area contributed by atoms with Gasteiger partial charge in [0.05, 0.1) is 7.11 Å². The zero-order valence-corrected chi connectivity index (χ0v) is 7.86. The molecule has 0 amide bonds. The maximum Gasteiger partial charge on any atom is 0.228 e. The molecule has 2 nitrogen and oxygen atoms in total. The monoisotopic (exact) mass is 186 g/mol. The molecule has 0 heterocycles. The van der Waals surface area contributed by atoms with Gasteiger partial charge in [0.15, 0.2) is 5.75 Å². The summed E-state index contributed by atoms with van der Waals surface area (Å²) in [5.74, 6) is 0.381. The maximum absolute atomic E-state index is 11.8. The van der Waals surface area contributed by atoms with Gasteiger partial charge in [-0.3, -0.25) is 4.79 Å². The Balaban J connectivity index is 2.95. The molecule has 14 heavy (non-hydrogen) atoms. The third-order valence-electron chi connectivity index (χ3n) is 2.17. The van der Waals surface area contributed by atoms with Crippen LogP contribution >= 0.6 is 0 Å². The number of methoxy groups -OCH3 is 1. The standard InChI is InChI=1S/C12H10O2/c1-14-11-8-4-6-9-5-2-3-7-10(9)12(11)13/h2-8H,1H3. The highest BCUT2D eigenvalue weighted by atomic mass is 16.5. The summed E-state index contributed by atoms with van der Waals surface area (Å²) >= 11 is 0. The van der Waals surface area contributed by atoms with Crippen molar-refractivity contribution in [2.45, 2.75) is 0 Å². The molecule has 0 atom stereocenters. The van der Waals surface area contributed by atoms with Gasteiger partial charge in [0.1, 0.15) is 0 Å². The first-order valence-corrected chi connectivity index (χ1v) is 4.39. The lowest BCUT2D eigenvalue weighted by Crippen LogP contribution is -2.01. The van der Waals surface area contributed by atoms with Gasteiger partial charge >= 0.3 is 0 Å². The van der Waals surface area contributed by atoms with Gasteiger partial charge in [-0.05, 0) is 11.5 Å². The summed E-state index contributed by atoms with van der Waals surface area (Å²) in [6, 6.07) is 12.9. The highest BCUT2D eigenvalue weighted by Crippen LogP contribution is 2.11. The molecule has 0 fully saturated rings. The van der Waals surface area contributed by atoms with Crippen LogP contribution in [0.1, 0.15) is 0 Å². The number of benzene rings is 1. The lowest BCUT2D eigenvalue weighted by atomic mass is 10.2. The fourth-order valence-electron chi connectivity index (χ4n) is 1.46. The first-order chi connectivity index (χ1) is 6.83. The van der Waals surface area contributed by atoms with Crippen molar-refractivity contribution in [2.24, 2.45) is 0 Å². The SMILES string of the molecule is COc1cccc2ccccc2c1=O. The van der Waals surface area contributed by atoms with Gasteiger partial charge in [-0.1, -0.05) is 36.4 Å². The molecule has 0 aliphatic rings. The van der Waals surface area contributed by atoms with E-state index in [4.69, 9.17) is 4.74 Å². The van der Waals surface area contributed by atoms with Crippen LogP contribution in [0.2, 0.25) is 0 Å². The quantitative estimate of drug-likeness (QED) is 0.682. The van der Waals surface area contributed by atoms with E-state index in [1.165, 1.54) is 7.11 Å². The molecule has 0 aliphatic heterocycles. The highest BCUT2D eigenvalue weighted by Gasteiger charge is 2.00. The average Bonchev–Trinajstić information content (AvgIpc) is 2.39. The molecule has 0 bridgehead atoms. The predicted molar refractivity (Wildman–Crippen MR) is 56.8 cm³/mol. The van der Waals surface area contributed by atoms with Crippen LogP contribution in [0, 0.1) is 0 Å². The van der Waals surface area contributed by atoms with Gasteiger partial charge < -0.3 is 4.74 Å². The van der Waals surface area contributed by atoms with Crippen molar-refractivity contribution in [3.8, 4) is 5.75 Å². The van der Waals surface area contributed by atoms with Crippen LogP contribution in [0.3, 0.4) is 0 Å². The van der Waals surface area contributed by atoms with Gasteiger partial charge in [-0.2, -0.15) is 0 Å². The fourth-order valence-corrected chi connectivity index (χ4v) is 1.46. The second-order valence-corrected chi connectivity index (χ2v) is 3.01. The van der Waals surface area contributed by atoms with E-state index in [0.29, 0.717) is 11.1 Å². The first-order valence-electron chi connectivity index (χ1n) is 4.39. The average molecular weight is 186 g/mol. The molecule has 2 rings (SSSR count). The van der Waals surface area contributed by atoms with Crippen LogP contribution in [0.15, 0.2) is 47.3 Å². The largest absolute Gasteiger partial charge is 0.493 e. The van der Waals surface area contributed by atoms with E-state index < -0.39 is 0 Å². The topological polar surface area (TPSA) is 26.3 Å². The Morgan fingerprint density at radius 2 is 1.71 bits per heavy atom. The van der Waals surface area contributed by atoms with E-state index in [0.717, 1.165) is 5.39 Å². The smallest absolute Gasteiger partial charge is 0.228 e. The van der Waals surface area contributed by atoms with Crippen molar-refractivity contribution in [3.05, 3.63) is 52.7 Å². The van der Waals surface area contributed by atoms with E-state index >= 15 is 0 Å². The Morgan fingerprint density at radius 3 is 2.50 bits per heavy atom. The first kappa shape index (κ1) is 8.75. The lowest BCUT2D eigenvalue weighted by Gasteiger charge is -1.93. The third kappa shape index (κ3) is 1.35. The van der Waals surface area contributed by atoms with Gasteiger partial charge in [0, 0.05) is 5.39 Å². The molecule has 2 aromatic rings. The summed E-state index contributed by atoms with van der Waals surface area (Å²) in [5, 5.41) is 1.62. The number of rotatable bonds is 1. The van der Waals surface area contributed by atoms with Gasteiger partial charge in [-0.25, -0.2) is 0 Å². The second kappa shape index (κ2) is 3.50. The fraction of sp³-hybridized carbons (Fsp3) is 0.0833. The zero-order chi connectivity index (χ0) is 9.97. The van der Waals surface area contributed by atoms with Crippen LogP contribution in [-0.4, -0.2) is 7.11 Å². The molecule has 70 valence electrons. The molecular weight excluding hydrogens is 176 g/mol. The molecule has 0 N–H and O–H groups in total. The maximum atomic E-state index is 11.8. The second-order valence-electron chi connectivity index (χ2n) is 3.01. The van der Waals surface area contributed by atoms with Gasteiger partial charge in [-0.15, -0.1) is 0 Å². The Bertz CT molecular complexity index is 518. The van der Waals surface area contributed by atoms with E-state index in [1.54, 1.807) is 12.1 Å². The van der Waals surface area contributed by atoms with Crippen LogP contribution in [-0.2, 0) is 0 Å². The minimum Gasteiger partial charge on any atom is -0.493 e. The zero-order valence-electron chi connectivity index (χ0n) is 7.86. The van der Waals surface area contributed by atoms with E-state index in [9.17, 15) is 4.79 Å². The van der Waals surface area contributed by atoms with E-state index in [-0.39, 0.29) is 5.43 Å². The summed E-state index contributed by atoms with van der Waals surface area (Å²) in [7, 11) is 1.51. The molecule has 0 radical (unpaired) electrons. The van der Waals surface area contributed by atoms with Crippen molar-refractivity contribution in [2.75, 3.05) is 7.11 Å². The molecule has 0 spiro atoms. The Hall–Kier alpha value is -1.83. The number of fused-ring (bicyclic) bond motifs is 1. The van der Waals surface area contributed by atoms with Gasteiger partial charge in [0.2, 0.25) is 5.43 Å². The van der Waals surface area contributed by atoms with Crippen LogP contribution in [0.25, 0.3) is 10.8 Å². The minimum absolute atomic E-state index is 0.0619. The summed E-state index contributed by atoms with van der Waals surface area (Å²) < 4.78 is 5.00. The number of hydrogen-bond acceptors (Lipinski definition) is 2. The molecule has 0 aromatic heterocycles. The molecule has 2 aromatic carbocycles. The van der Waals surface area contributed by atoms with Crippen LogP contribution < -0.4 is 10.2 Å². The molecule has 2 heteroatoms. The lowest BCUT2D eigenvalue weighted by molar-refractivity contribution is 0.412. The summed E-state index contributed by atoms with van der Waals surface area (Å²) in [6.07, 6.45) is 0. The predicted octanol–water partition coefficient (Wildman–Crippen LogP) is 2.21. The Kier molecular flexibility index (Phi) is 2.19. The Morgan fingerprint density at radius 1 is 1.00 bits per heavy atom. The highest BCUT2D eigenvalue weighted by molar-refractivity contribution is 5.82. The van der Waals surface area contributed by atoms with Crippen molar-refractivity contribution in [1.82, 2.24) is 0 Å². The molecule has 0 aliphatic carbocycles. The molecule has 0 unspecified atom stereocenters. The summed E-state index contributed by atoms with van der Waals surface area (Å²) in [4.78, 5) is 11.8. The van der Waals surface area contributed by atoms with Crippen molar-refractivity contribution >= 4 is 10.8 Å². The summed E-state index contributed by atoms with van der Waals surface area (Å²) in [6.45, 7) is 0. The van der Waals surface area contributed by atoms with E-state index in [2.05, 4.69) is 0 Å². The van der Waals surface area contributed by atoms with Crippen LogP contribution in [0.4, 0.5) is 0 Å². The number of hydrogen-bond donors (Lipinski definition) is 0. The minimum atomic E-state index is -0.0619. The third-order valence-corrected chi connectivity index (χ3v) is 2.17. The van der Waals surface area contributed by atoms with Crippen LogP contribution in [0.5, 0.6) is 5.75 Å².